The molecule has 0 unspecified atom stereocenters. The highest BCUT2D eigenvalue weighted by Crippen LogP contribution is 2.40. The number of fused-ring (bicyclic) bond motifs is 5. The number of pyridine rings is 2. The van der Waals surface area contributed by atoms with Crippen LogP contribution in [0.25, 0.3) is 22.3 Å². The van der Waals surface area contributed by atoms with Crippen molar-refractivity contribution in [2.24, 2.45) is 0 Å². The number of carbonyl (C=O) groups is 3. The van der Waals surface area contributed by atoms with E-state index in [-0.39, 0.29) is 55.5 Å². The normalized spacial score (nSPS) is 21.5. The fraction of sp³-hybridized carbons (Fsp3) is 0.346. The van der Waals surface area contributed by atoms with Gasteiger partial charge in [0.05, 0.1) is 35.4 Å². The molecule has 0 aliphatic carbocycles. The zero-order valence-electron chi connectivity index (χ0n) is 20.1. The van der Waals surface area contributed by atoms with Gasteiger partial charge in [0.2, 0.25) is 11.8 Å². The quantitative estimate of drug-likeness (QED) is 0.278. The zero-order chi connectivity index (χ0) is 26.2. The van der Waals surface area contributed by atoms with Crippen LogP contribution in [0.3, 0.4) is 0 Å². The summed E-state index contributed by atoms with van der Waals surface area (Å²) in [6.45, 7) is 3.21. The smallest absolute Gasteiger partial charge is 0.343 e. The van der Waals surface area contributed by atoms with Crippen molar-refractivity contribution < 1.29 is 28.6 Å². The van der Waals surface area contributed by atoms with Gasteiger partial charge >= 0.3 is 5.97 Å². The lowest BCUT2D eigenvalue weighted by molar-refractivity contribution is -0.172. The van der Waals surface area contributed by atoms with Gasteiger partial charge in [-0.25, -0.2) is 14.2 Å². The number of carbonyl (C=O) groups excluding carboxylic acids is 3. The van der Waals surface area contributed by atoms with E-state index in [4.69, 9.17) is 4.74 Å². The molecule has 1 aromatic carbocycles. The van der Waals surface area contributed by atoms with E-state index in [0.717, 1.165) is 0 Å². The number of hydrogen-bond donors (Lipinski definition) is 3. The third-order valence-electron chi connectivity index (χ3n) is 7.57. The standard InChI is InChI=1S/C26H23FN4O6/c1-3-26(36)16-5-20-22-14(9-31(20)24(34)15(16)10-37-25(26)35)13(8-28-23(33)19-7-21(32)29-19)12-4-11(2)17(27)6-18(12)30-22/h4-6,19,36H,3,7-10H2,1-2H3,(H,28,33)(H,29,32)/t19-,26-/m0/s1. The van der Waals surface area contributed by atoms with Gasteiger partial charge < -0.3 is 25.0 Å². The Hall–Kier alpha value is -4.12. The predicted molar refractivity (Wildman–Crippen MR) is 128 cm³/mol. The number of benzene rings is 1. The Morgan fingerprint density at radius 2 is 2.05 bits per heavy atom. The maximum atomic E-state index is 14.5. The summed E-state index contributed by atoms with van der Waals surface area (Å²) < 4.78 is 21.1. The number of β-lactam (4-membered cyclic amide) rings is 1. The van der Waals surface area contributed by atoms with Crippen LogP contribution < -0.4 is 16.2 Å². The van der Waals surface area contributed by atoms with Crippen molar-refractivity contribution in [1.82, 2.24) is 20.2 Å². The molecule has 0 saturated carbocycles. The molecule has 3 N–H and O–H groups in total. The van der Waals surface area contributed by atoms with E-state index in [1.165, 1.54) is 10.6 Å². The molecular formula is C26H23FN4O6. The average Bonchev–Trinajstić information content (AvgIpc) is 3.22. The first-order chi connectivity index (χ1) is 17.6. The van der Waals surface area contributed by atoms with E-state index in [2.05, 4.69) is 15.6 Å². The molecule has 2 amide bonds. The highest BCUT2D eigenvalue weighted by atomic mass is 19.1. The maximum absolute atomic E-state index is 14.5. The van der Waals surface area contributed by atoms with Crippen molar-refractivity contribution in [2.45, 2.75) is 58.0 Å². The van der Waals surface area contributed by atoms with Crippen LogP contribution in [0.15, 0.2) is 23.0 Å². The minimum Gasteiger partial charge on any atom is -0.458 e. The van der Waals surface area contributed by atoms with Gasteiger partial charge in [-0.3, -0.25) is 14.4 Å². The van der Waals surface area contributed by atoms with Crippen molar-refractivity contribution in [3.05, 3.63) is 62.2 Å². The molecule has 37 heavy (non-hydrogen) atoms. The summed E-state index contributed by atoms with van der Waals surface area (Å²) in [5, 5.41) is 17.1. The number of nitrogens with zero attached hydrogens (tertiary/aromatic N) is 2. The van der Waals surface area contributed by atoms with Gasteiger partial charge in [0, 0.05) is 29.1 Å². The number of esters is 1. The summed E-state index contributed by atoms with van der Waals surface area (Å²) in [6, 6.07) is 3.94. The van der Waals surface area contributed by atoms with E-state index in [1.54, 1.807) is 26.0 Å². The van der Waals surface area contributed by atoms with Crippen molar-refractivity contribution in [2.75, 3.05) is 0 Å². The first kappa shape index (κ1) is 23.3. The molecule has 3 aliphatic rings. The van der Waals surface area contributed by atoms with Crippen LogP contribution in [0.2, 0.25) is 0 Å². The Morgan fingerprint density at radius 3 is 2.76 bits per heavy atom. The minimum absolute atomic E-state index is 0.0131. The number of nitrogens with one attached hydrogen (secondary N) is 2. The number of cyclic esters (lactones) is 1. The van der Waals surface area contributed by atoms with Crippen molar-refractivity contribution >= 4 is 28.7 Å². The highest BCUT2D eigenvalue weighted by molar-refractivity contribution is 5.97. The number of aromatic nitrogens is 2. The van der Waals surface area contributed by atoms with E-state index in [0.29, 0.717) is 39.0 Å². The SMILES string of the molecule is CC[C@@]1(O)C(=O)OCc2c1cc1n(c2=O)Cc2c-1nc1cc(F)c(C)cc1c2CNC(=O)[C@@H]1CC(=O)N1. The largest absolute Gasteiger partial charge is 0.458 e. The lowest BCUT2D eigenvalue weighted by Gasteiger charge is -2.31. The van der Waals surface area contributed by atoms with Crippen LogP contribution in [0.5, 0.6) is 0 Å². The van der Waals surface area contributed by atoms with Gasteiger partial charge in [-0.15, -0.1) is 0 Å². The van der Waals surface area contributed by atoms with E-state index in [1.807, 2.05) is 0 Å². The Morgan fingerprint density at radius 1 is 1.30 bits per heavy atom. The monoisotopic (exact) mass is 506 g/mol. The highest BCUT2D eigenvalue weighted by Gasteiger charge is 2.45. The zero-order valence-corrected chi connectivity index (χ0v) is 20.1. The Labute approximate surface area is 209 Å². The summed E-state index contributed by atoms with van der Waals surface area (Å²) in [5.74, 6) is -1.81. The summed E-state index contributed by atoms with van der Waals surface area (Å²) >= 11 is 0. The number of halogens is 1. The number of rotatable bonds is 4. The van der Waals surface area contributed by atoms with Crippen molar-refractivity contribution in [1.29, 1.82) is 0 Å². The van der Waals surface area contributed by atoms with Crippen LogP contribution in [-0.4, -0.2) is 38.5 Å². The fourth-order valence-corrected chi connectivity index (χ4v) is 5.31. The van der Waals surface area contributed by atoms with Gasteiger partial charge in [0.15, 0.2) is 5.60 Å². The van der Waals surface area contributed by atoms with Crippen LogP contribution in [0.1, 0.15) is 47.6 Å². The lowest BCUT2D eigenvalue weighted by Crippen LogP contribution is -2.56. The van der Waals surface area contributed by atoms with Crippen molar-refractivity contribution in [3.8, 4) is 11.4 Å². The van der Waals surface area contributed by atoms with Gasteiger partial charge in [-0.1, -0.05) is 6.92 Å². The maximum Gasteiger partial charge on any atom is 0.343 e. The second kappa shape index (κ2) is 7.94. The number of aliphatic hydroxyl groups is 1. The molecule has 0 bridgehead atoms. The molecule has 0 spiro atoms. The Balaban J connectivity index is 1.52. The van der Waals surface area contributed by atoms with Gasteiger partial charge in [0.25, 0.3) is 5.56 Å². The van der Waals surface area contributed by atoms with E-state index < -0.39 is 29.0 Å². The molecule has 1 saturated heterocycles. The molecule has 0 radical (unpaired) electrons. The van der Waals surface area contributed by atoms with Crippen molar-refractivity contribution in [3.63, 3.8) is 0 Å². The Bertz CT molecular complexity index is 1620. The second-order valence-electron chi connectivity index (χ2n) is 9.68. The topological polar surface area (TPSA) is 140 Å². The first-order valence-electron chi connectivity index (χ1n) is 12.0. The molecule has 3 aliphatic heterocycles. The molecule has 5 heterocycles. The number of hydrogen-bond acceptors (Lipinski definition) is 7. The molecule has 10 nitrogen and oxygen atoms in total. The second-order valence-corrected chi connectivity index (χ2v) is 9.68. The number of aryl methyl sites for hydroxylation is 1. The molecule has 6 rings (SSSR count). The molecule has 2 atom stereocenters. The van der Waals surface area contributed by atoms with Gasteiger partial charge in [-0.05, 0) is 36.6 Å². The minimum atomic E-state index is -1.96. The summed E-state index contributed by atoms with van der Waals surface area (Å²) in [5.41, 5.74) is 0.885. The van der Waals surface area contributed by atoms with Gasteiger partial charge in [-0.2, -0.15) is 0 Å². The fourth-order valence-electron chi connectivity index (χ4n) is 5.31. The Kier molecular flexibility index (Phi) is 5.00. The summed E-state index contributed by atoms with van der Waals surface area (Å²) in [6.07, 6.45) is 0.123. The molecule has 3 aromatic rings. The number of amides is 2. The third-order valence-corrected chi connectivity index (χ3v) is 7.57. The van der Waals surface area contributed by atoms with E-state index >= 15 is 0 Å². The number of ether oxygens (including phenoxy) is 1. The van der Waals surface area contributed by atoms with Crippen LogP contribution >= 0.6 is 0 Å². The molecule has 190 valence electrons. The summed E-state index contributed by atoms with van der Waals surface area (Å²) in [7, 11) is 0. The molecule has 1 fully saturated rings. The van der Waals surface area contributed by atoms with Crippen LogP contribution in [0, 0.1) is 12.7 Å². The van der Waals surface area contributed by atoms with Crippen LogP contribution in [-0.2, 0) is 44.4 Å². The predicted octanol–water partition coefficient (Wildman–Crippen LogP) is 1.03. The lowest BCUT2D eigenvalue weighted by atomic mass is 9.86. The summed E-state index contributed by atoms with van der Waals surface area (Å²) in [4.78, 5) is 54.4. The first-order valence-corrected chi connectivity index (χ1v) is 12.0. The molecule has 2 aromatic heterocycles. The van der Waals surface area contributed by atoms with Crippen LogP contribution in [0.4, 0.5) is 4.39 Å². The average molecular weight is 506 g/mol. The van der Waals surface area contributed by atoms with E-state index in [9.17, 15) is 28.7 Å². The molecule has 11 heteroatoms. The third kappa shape index (κ3) is 3.30. The molecular weight excluding hydrogens is 483 g/mol. The van der Waals surface area contributed by atoms with Gasteiger partial charge in [0.1, 0.15) is 18.5 Å².